The van der Waals surface area contributed by atoms with Crippen LogP contribution in [0.4, 0.5) is 0 Å². The summed E-state index contributed by atoms with van der Waals surface area (Å²) in [6, 6.07) is 0. The van der Waals surface area contributed by atoms with Crippen molar-refractivity contribution in [1.29, 1.82) is 0 Å². The standard InChI is InChI=1S/C26H34NO3/c1-25-13-4-3-5-19(25)8-11-21-22(25)12-14-26(2)23(21)16-18(24(26)28)15-17-6-9-20(10-7-17)27(29)30/h6-7,9-10,15,19,21-23H,3-5,8,11-14,16H2,1-2H3,(H-,28,29,30)/q-1/t19-,21+,22+,23+,25+,26-/m1/s1. The molecule has 0 aromatic carbocycles. The van der Waals surface area contributed by atoms with Crippen molar-refractivity contribution in [1.82, 2.24) is 0 Å². The minimum absolute atomic E-state index is 0.106. The Morgan fingerprint density at radius 2 is 1.73 bits per heavy atom. The van der Waals surface area contributed by atoms with Crippen LogP contribution in [0.15, 0.2) is 47.3 Å². The van der Waals surface area contributed by atoms with E-state index in [0.717, 1.165) is 35.8 Å². The zero-order valence-electron chi connectivity index (χ0n) is 18.3. The van der Waals surface area contributed by atoms with E-state index >= 15 is 0 Å². The zero-order chi connectivity index (χ0) is 21.1. The molecule has 5 aliphatic carbocycles. The molecular weight excluding hydrogens is 374 g/mol. The Hall–Kier alpha value is -1.97. The molecule has 0 radical (unpaired) electrons. The Morgan fingerprint density at radius 3 is 2.47 bits per heavy atom. The molecule has 5 rings (SSSR count). The quantitative estimate of drug-likeness (QED) is 0.406. The lowest BCUT2D eigenvalue weighted by molar-refractivity contribution is -0.377. The second-order valence-electron chi connectivity index (χ2n) is 10.9. The van der Waals surface area contributed by atoms with E-state index in [2.05, 4.69) is 19.9 Å². The van der Waals surface area contributed by atoms with Crippen LogP contribution in [0.5, 0.6) is 0 Å². The average Bonchev–Trinajstić information content (AvgIpc) is 2.98. The van der Waals surface area contributed by atoms with Gasteiger partial charge in [0.25, 0.3) is 0 Å². The summed E-state index contributed by atoms with van der Waals surface area (Å²) in [5.41, 5.74) is 2.49. The first-order valence-electron chi connectivity index (χ1n) is 11.8. The molecule has 3 saturated carbocycles. The molecule has 0 aromatic heterocycles. The van der Waals surface area contributed by atoms with Gasteiger partial charge in [-0.15, -0.1) is 0 Å². The van der Waals surface area contributed by atoms with Gasteiger partial charge in [0.1, 0.15) is 5.76 Å². The number of aliphatic hydroxyl groups excluding tert-OH is 1. The summed E-state index contributed by atoms with van der Waals surface area (Å²) in [5, 5.41) is 33.1. The molecule has 1 N–H and O–H groups in total. The highest BCUT2D eigenvalue weighted by atomic mass is 16.8. The third-order valence-corrected chi connectivity index (χ3v) is 9.70. The smallest absolute Gasteiger partial charge is 0.222 e. The largest absolute Gasteiger partial charge is 0.612 e. The maximum absolute atomic E-state index is 11.3. The first-order chi connectivity index (χ1) is 14.3. The van der Waals surface area contributed by atoms with E-state index in [-0.39, 0.29) is 16.0 Å². The van der Waals surface area contributed by atoms with Crippen molar-refractivity contribution in [3.8, 4) is 0 Å². The molecule has 0 saturated heterocycles. The van der Waals surface area contributed by atoms with Crippen molar-refractivity contribution in [2.75, 3.05) is 0 Å². The molecule has 30 heavy (non-hydrogen) atoms. The Labute approximate surface area is 179 Å². The summed E-state index contributed by atoms with van der Waals surface area (Å²) in [4.78, 5) is -0.367. The fraction of sp³-hybridized carbons (Fsp3) is 0.654. The van der Waals surface area contributed by atoms with Gasteiger partial charge in [-0.3, -0.25) is 0 Å². The molecule has 5 aliphatic rings. The third-order valence-electron chi connectivity index (χ3n) is 9.70. The van der Waals surface area contributed by atoms with Gasteiger partial charge in [0.15, 0.2) is 0 Å². The van der Waals surface area contributed by atoms with Crippen LogP contribution in [0.1, 0.15) is 71.6 Å². The van der Waals surface area contributed by atoms with Gasteiger partial charge in [0.2, 0.25) is 5.71 Å². The van der Waals surface area contributed by atoms with Gasteiger partial charge in [-0.2, -0.15) is 4.90 Å². The lowest BCUT2D eigenvalue weighted by Gasteiger charge is -2.59. The highest BCUT2D eigenvalue weighted by molar-refractivity contribution is 6.02. The van der Waals surface area contributed by atoms with Gasteiger partial charge in [-0.25, -0.2) is 0 Å². The van der Waals surface area contributed by atoms with Gasteiger partial charge in [-0.05, 0) is 103 Å². The molecule has 0 heterocycles. The van der Waals surface area contributed by atoms with Gasteiger partial charge >= 0.3 is 0 Å². The summed E-state index contributed by atoms with van der Waals surface area (Å²) in [6.45, 7) is 4.87. The number of hydrogen-bond donors (Lipinski definition) is 1. The van der Waals surface area contributed by atoms with E-state index in [0.29, 0.717) is 23.0 Å². The van der Waals surface area contributed by atoms with Crippen molar-refractivity contribution >= 4 is 5.71 Å². The Kier molecular flexibility index (Phi) is 4.68. The van der Waals surface area contributed by atoms with Crippen molar-refractivity contribution in [3.63, 3.8) is 0 Å². The Morgan fingerprint density at radius 1 is 0.967 bits per heavy atom. The van der Waals surface area contributed by atoms with Crippen LogP contribution in [0.25, 0.3) is 0 Å². The third kappa shape index (κ3) is 2.90. The SMILES string of the molecule is C[C@]12CCCC[C@@H]1CC[C@H]1[C@@H]2CC[C@@]2(C)C(O)=C(C=C3C=CC(=[N+]([O-])[O-])C=C3)C[C@@H]12. The summed E-state index contributed by atoms with van der Waals surface area (Å²) in [6.07, 6.45) is 20.3. The van der Waals surface area contributed by atoms with Crippen molar-refractivity contribution in [2.45, 2.75) is 71.6 Å². The molecular formula is C26H34NO3-. The van der Waals surface area contributed by atoms with E-state index in [1.165, 1.54) is 44.9 Å². The van der Waals surface area contributed by atoms with Gasteiger partial charge in [-0.1, -0.05) is 26.7 Å². The molecule has 4 heteroatoms. The van der Waals surface area contributed by atoms with Crippen molar-refractivity contribution in [2.24, 2.45) is 34.5 Å². The van der Waals surface area contributed by atoms with Crippen molar-refractivity contribution < 1.29 is 10.0 Å². The van der Waals surface area contributed by atoms with Gasteiger partial charge in [0.05, 0.1) is 0 Å². The number of aliphatic hydroxyl groups is 1. The normalized spacial score (nSPS) is 42.6. The minimum atomic E-state index is -0.367. The lowest BCUT2D eigenvalue weighted by atomic mass is 9.45. The second-order valence-corrected chi connectivity index (χ2v) is 10.9. The Bertz CT molecular complexity index is 872. The Balaban J connectivity index is 1.41. The fourth-order valence-electron chi connectivity index (χ4n) is 8.01. The summed E-state index contributed by atoms with van der Waals surface area (Å²) in [5.74, 6) is 3.54. The van der Waals surface area contributed by atoms with E-state index in [1.54, 1.807) is 24.3 Å². The van der Waals surface area contributed by atoms with Crippen LogP contribution in [0.2, 0.25) is 0 Å². The number of allylic oxidation sites excluding steroid dienone is 8. The minimum Gasteiger partial charge on any atom is -0.612 e. The number of fused-ring (bicyclic) bond motifs is 5. The summed E-state index contributed by atoms with van der Waals surface area (Å²) < 4.78 is 0. The summed E-state index contributed by atoms with van der Waals surface area (Å²) >= 11 is 0. The van der Waals surface area contributed by atoms with E-state index in [4.69, 9.17) is 0 Å². The second kappa shape index (κ2) is 7.03. The van der Waals surface area contributed by atoms with Crippen LogP contribution < -0.4 is 0 Å². The molecule has 0 unspecified atom stereocenters. The zero-order valence-corrected chi connectivity index (χ0v) is 18.3. The maximum atomic E-state index is 11.3. The van der Waals surface area contributed by atoms with Crippen LogP contribution in [0.3, 0.4) is 0 Å². The number of nitrogens with zero attached hydrogens (tertiary/aromatic N) is 1. The summed E-state index contributed by atoms with van der Waals surface area (Å²) in [7, 11) is 0. The van der Waals surface area contributed by atoms with E-state index < -0.39 is 0 Å². The van der Waals surface area contributed by atoms with E-state index in [9.17, 15) is 15.5 Å². The topological polar surface area (TPSA) is 69.4 Å². The average molecular weight is 409 g/mol. The van der Waals surface area contributed by atoms with Gasteiger partial charge < -0.3 is 15.5 Å². The number of rotatable bonds is 1. The molecule has 3 fully saturated rings. The predicted octanol–water partition coefficient (Wildman–Crippen LogP) is 6.34. The van der Waals surface area contributed by atoms with Crippen LogP contribution in [-0.4, -0.2) is 15.7 Å². The molecule has 0 amide bonds. The maximum Gasteiger partial charge on any atom is 0.222 e. The van der Waals surface area contributed by atoms with E-state index in [1.807, 2.05) is 0 Å². The first kappa shape index (κ1) is 20.0. The highest BCUT2D eigenvalue weighted by Crippen LogP contribution is 2.67. The van der Waals surface area contributed by atoms with Crippen molar-refractivity contribution in [3.05, 3.63) is 57.7 Å². The van der Waals surface area contributed by atoms with Crippen LogP contribution in [-0.2, 0) is 0 Å². The first-order valence-corrected chi connectivity index (χ1v) is 11.8. The molecule has 4 nitrogen and oxygen atoms in total. The lowest BCUT2D eigenvalue weighted by Crippen LogP contribution is -2.52. The highest BCUT2D eigenvalue weighted by Gasteiger charge is 2.59. The molecule has 6 atom stereocenters. The number of hydrogen-bond acceptors (Lipinski definition) is 3. The molecule has 162 valence electrons. The molecule has 0 spiro atoms. The predicted molar refractivity (Wildman–Crippen MR) is 120 cm³/mol. The monoisotopic (exact) mass is 408 g/mol. The van der Waals surface area contributed by atoms with Gasteiger partial charge in [0, 0.05) is 17.6 Å². The molecule has 0 aliphatic heterocycles. The van der Waals surface area contributed by atoms with Crippen LogP contribution >= 0.6 is 0 Å². The molecule has 0 aromatic rings. The van der Waals surface area contributed by atoms with Crippen LogP contribution in [0, 0.1) is 44.9 Å². The fourth-order valence-corrected chi connectivity index (χ4v) is 8.01. The molecule has 0 bridgehead atoms.